The highest BCUT2D eigenvalue weighted by molar-refractivity contribution is 5.87. The van der Waals surface area contributed by atoms with Gasteiger partial charge in [-0.25, -0.2) is 0 Å². The van der Waals surface area contributed by atoms with E-state index < -0.39 is 0 Å². The number of methoxy groups -OCH3 is 1. The number of hydrogen-bond acceptors (Lipinski definition) is 3. The standard InChI is InChI=1S/C14H20N2O2/c1-3-4-8-15-14(17)12-9-10-11(16-12)6-5-7-13(10)18-2/h5-7,12,16H,3-4,8-9H2,1-2H3,(H,15,17). The van der Waals surface area contributed by atoms with Gasteiger partial charge in [0.2, 0.25) is 5.91 Å². The summed E-state index contributed by atoms with van der Waals surface area (Å²) in [6, 6.07) is 5.67. The van der Waals surface area contributed by atoms with Crippen molar-refractivity contribution < 1.29 is 9.53 Å². The van der Waals surface area contributed by atoms with Gasteiger partial charge in [0.1, 0.15) is 11.8 Å². The summed E-state index contributed by atoms with van der Waals surface area (Å²) in [5.41, 5.74) is 2.10. The number of unbranched alkanes of at least 4 members (excludes halogenated alkanes) is 1. The van der Waals surface area contributed by atoms with E-state index in [1.165, 1.54) is 0 Å². The molecule has 0 fully saturated rings. The second-order valence-corrected chi connectivity index (χ2v) is 4.53. The van der Waals surface area contributed by atoms with E-state index in [9.17, 15) is 4.79 Å². The Labute approximate surface area is 108 Å². The minimum Gasteiger partial charge on any atom is -0.496 e. The number of ether oxygens (including phenoxy) is 1. The first kappa shape index (κ1) is 12.7. The summed E-state index contributed by atoms with van der Waals surface area (Å²) in [6.45, 7) is 2.86. The van der Waals surface area contributed by atoms with Gasteiger partial charge in [0, 0.05) is 24.2 Å². The highest BCUT2D eigenvalue weighted by Crippen LogP contribution is 2.33. The number of hydrogen-bond donors (Lipinski definition) is 2. The summed E-state index contributed by atoms with van der Waals surface area (Å²) >= 11 is 0. The number of fused-ring (bicyclic) bond motifs is 1. The Balaban J connectivity index is 1.99. The molecule has 2 rings (SSSR count). The van der Waals surface area contributed by atoms with Crippen LogP contribution < -0.4 is 15.4 Å². The third-order valence-corrected chi connectivity index (χ3v) is 3.24. The number of nitrogens with one attached hydrogen (secondary N) is 2. The van der Waals surface area contributed by atoms with Crippen LogP contribution in [-0.4, -0.2) is 25.6 Å². The largest absolute Gasteiger partial charge is 0.496 e. The smallest absolute Gasteiger partial charge is 0.242 e. The molecule has 18 heavy (non-hydrogen) atoms. The molecule has 0 aliphatic carbocycles. The monoisotopic (exact) mass is 248 g/mol. The molecule has 1 amide bonds. The first-order valence-corrected chi connectivity index (χ1v) is 6.46. The van der Waals surface area contributed by atoms with Crippen LogP contribution in [0.3, 0.4) is 0 Å². The zero-order valence-electron chi connectivity index (χ0n) is 11.0. The van der Waals surface area contributed by atoms with E-state index in [1.807, 2.05) is 18.2 Å². The van der Waals surface area contributed by atoms with E-state index in [0.717, 1.165) is 36.4 Å². The minimum absolute atomic E-state index is 0.0710. The van der Waals surface area contributed by atoms with Crippen LogP contribution in [0.5, 0.6) is 5.75 Å². The Hall–Kier alpha value is -1.71. The molecule has 2 N–H and O–H groups in total. The summed E-state index contributed by atoms with van der Waals surface area (Å²) in [4.78, 5) is 12.0. The highest BCUT2D eigenvalue weighted by atomic mass is 16.5. The fourth-order valence-electron chi connectivity index (χ4n) is 2.22. The third-order valence-electron chi connectivity index (χ3n) is 3.24. The maximum atomic E-state index is 12.0. The molecule has 1 aromatic rings. The second kappa shape index (κ2) is 5.76. The highest BCUT2D eigenvalue weighted by Gasteiger charge is 2.28. The molecule has 98 valence electrons. The lowest BCUT2D eigenvalue weighted by molar-refractivity contribution is -0.121. The first-order chi connectivity index (χ1) is 8.76. The predicted octanol–water partition coefficient (Wildman–Crippen LogP) is 1.95. The van der Waals surface area contributed by atoms with E-state index in [0.29, 0.717) is 6.42 Å². The summed E-state index contributed by atoms with van der Waals surface area (Å²) < 4.78 is 5.31. The molecule has 1 aromatic carbocycles. The van der Waals surface area contributed by atoms with Crippen molar-refractivity contribution in [1.29, 1.82) is 0 Å². The van der Waals surface area contributed by atoms with Crippen LogP contribution in [-0.2, 0) is 11.2 Å². The number of amides is 1. The van der Waals surface area contributed by atoms with E-state index in [4.69, 9.17) is 4.74 Å². The zero-order valence-corrected chi connectivity index (χ0v) is 11.0. The molecular weight excluding hydrogens is 228 g/mol. The molecule has 1 unspecified atom stereocenters. The summed E-state index contributed by atoms with van der Waals surface area (Å²) in [6.07, 6.45) is 2.80. The SMILES string of the molecule is CCCCNC(=O)C1Cc2c(cccc2OC)N1. The van der Waals surface area contributed by atoms with Gasteiger partial charge in [0.25, 0.3) is 0 Å². The van der Waals surface area contributed by atoms with Crippen molar-refractivity contribution in [3.05, 3.63) is 23.8 Å². The van der Waals surface area contributed by atoms with Crippen LogP contribution >= 0.6 is 0 Å². The van der Waals surface area contributed by atoms with Crippen LogP contribution in [0.15, 0.2) is 18.2 Å². The van der Waals surface area contributed by atoms with Gasteiger partial charge in [-0.3, -0.25) is 4.79 Å². The average Bonchev–Trinajstić information content (AvgIpc) is 2.82. The van der Waals surface area contributed by atoms with Crippen molar-refractivity contribution in [3.8, 4) is 5.75 Å². The summed E-state index contributed by atoms with van der Waals surface area (Å²) in [5, 5.41) is 6.20. The third kappa shape index (κ3) is 2.58. The normalized spacial score (nSPS) is 16.9. The predicted molar refractivity (Wildman–Crippen MR) is 72.0 cm³/mol. The fourth-order valence-corrected chi connectivity index (χ4v) is 2.22. The van der Waals surface area contributed by atoms with Crippen LogP contribution in [0.2, 0.25) is 0 Å². The van der Waals surface area contributed by atoms with Crippen molar-refractivity contribution in [1.82, 2.24) is 5.32 Å². The van der Waals surface area contributed by atoms with E-state index >= 15 is 0 Å². The maximum absolute atomic E-state index is 12.0. The summed E-state index contributed by atoms with van der Waals surface area (Å²) in [5.74, 6) is 0.922. The Morgan fingerprint density at radius 1 is 1.56 bits per heavy atom. The van der Waals surface area contributed by atoms with Gasteiger partial charge >= 0.3 is 0 Å². The van der Waals surface area contributed by atoms with E-state index in [2.05, 4.69) is 17.6 Å². The molecule has 4 heteroatoms. The van der Waals surface area contributed by atoms with Crippen LogP contribution in [0.4, 0.5) is 5.69 Å². The van der Waals surface area contributed by atoms with Crippen molar-refractivity contribution in [2.75, 3.05) is 19.0 Å². The van der Waals surface area contributed by atoms with Gasteiger partial charge in [-0.1, -0.05) is 19.4 Å². The number of benzene rings is 1. The molecule has 1 aliphatic heterocycles. The van der Waals surface area contributed by atoms with Crippen LogP contribution in [0.25, 0.3) is 0 Å². The van der Waals surface area contributed by atoms with Crippen LogP contribution in [0, 0.1) is 0 Å². The lowest BCUT2D eigenvalue weighted by Gasteiger charge is -2.11. The van der Waals surface area contributed by atoms with Crippen molar-refractivity contribution in [3.63, 3.8) is 0 Å². The molecule has 4 nitrogen and oxygen atoms in total. The quantitative estimate of drug-likeness (QED) is 0.783. The molecule has 0 saturated carbocycles. The molecule has 0 spiro atoms. The fraction of sp³-hybridized carbons (Fsp3) is 0.500. The van der Waals surface area contributed by atoms with Gasteiger partial charge < -0.3 is 15.4 Å². The minimum atomic E-state index is -0.173. The number of carbonyl (C=O) groups is 1. The Morgan fingerprint density at radius 3 is 3.11 bits per heavy atom. The van der Waals surface area contributed by atoms with Gasteiger partial charge in [-0.05, 0) is 18.6 Å². The molecule has 0 saturated heterocycles. The molecule has 1 atom stereocenters. The molecule has 0 radical (unpaired) electrons. The van der Waals surface area contributed by atoms with Gasteiger partial charge in [-0.15, -0.1) is 0 Å². The maximum Gasteiger partial charge on any atom is 0.242 e. The van der Waals surface area contributed by atoms with Crippen molar-refractivity contribution >= 4 is 11.6 Å². The Morgan fingerprint density at radius 2 is 2.39 bits per heavy atom. The van der Waals surface area contributed by atoms with Crippen LogP contribution in [0.1, 0.15) is 25.3 Å². The summed E-state index contributed by atoms with van der Waals surface area (Å²) in [7, 11) is 1.66. The molecular formula is C14H20N2O2. The van der Waals surface area contributed by atoms with E-state index in [1.54, 1.807) is 7.11 Å². The van der Waals surface area contributed by atoms with Gasteiger partial charge in [-0.2, -0.15) is 0 Å². The average molecular weight is 248 g/mol. The Bertz CT molecular complexity index is 432. The number of anilines is 1. The zero-order chi connectivity index (χ0) is 13.0. The first-order valence-electron chi connectivity index (χ1n) is 6.46. The molecule has 0 bridgehead atoms. The van der Waals surface area contributed by atoms with Gasteiger partial charge in [0.05, 0.1) is 7.11 Å². The molecule has 1 heterocycles. The van der Waals surface area contributed by atoms with Gasteiger partial charge in [0.15, 0.2) is 0 Å². The van der Waals surface area contributed by atoms with Crippen molar-refractivity contribution in [2.45, 2.75) is 32.2 Å². The second-order valence-electron chi connectivity index (χ2n) is 4.53. The lowest BCUT2D eigenvalue weighted by atomic mass is 10.1. The topological polar surface area (TPSA) is 50.4 Å². The van der Waals surface area contributed by atoms with Crippen molar-refractivity contribution in [2.24, 2.45) is 0 Å². The van der Waals surface area contributed by atoms with E-state index in [-0.39, 0.29) is 11.9 Å². The number of rotatable bonds is 5. The molecule has 1 aliphatic rings. The Kier molecular flexibility index (Phi) is 4.07. The molecule has 0 aromatic heterocycles. The lowest BCUT2D eigenvalue weighted by Crippen LogP contribution is -2.38. The number of carbonyl (C=O) groups excluding carboxylic acids is 1.